The van der Waals surface area contributed by atoms with Crippen molar-refractivity contribution in [2.75, 3.05) is 13.2 Å². The lowest BCUT2D eigenvalue weighted by Crippen LogP contribution is -2.32. The number of rotatable bonds is 13. The highest BCUT2D eigenvalue weighted by atomic mass is 19.1. The molecule has 2 amide bonds. The standard InChI is InChI=1S/C27H30FN3O5/c28-21-12-10-19(11-13-21)16-31-26(34)22-17-30-23(27(35)29-14-6-1-2-7-15-32)25(24(22)33)36-18-20-8-4-3-5-9-20/h3-5,8-13,17,32H,1-2,6-7,14-16,18H2,(H,29,35)(H,30,33)(H,31,34). The zero-order valence-corrected chi connectivity index (χ0v) is 19.9. The number of pyridine rings is 1. The monoisotopic (exact) mass is 495 g/mol. The molecule has 0 radical (unpaired) electrons. The summed E-state index contributed by atoms with van der Waals surface area (Å²) in [6.07, 6.45) is 4.33. The molecular weight excluding hydrogens is 465 g/mol. The Bertz CT molecular complexity index is 1200. The fraction of sp³-hybridized carbons (Fsp3) is 0.296. The number of unbranched alkanes of at least 4 members (excludes halogenated alkanes) is 3. The number of halogens is 1. The quantitative estimate of drug-likeness (QED) is 0.271. The topological polar surface area (TPSA) is 121 Å². The Labute approximate surface area is 208 Å². The van der Waals surface area contributed by atoms with Crippen molar-refractivity contribution in [2.24, 2.45) is 0 Å². The van der Waals surface area contributed by atoms with E-state index in [1.807, 2.05) is 30.3 Å². The Balaban J connectivity index is 1.75. The Morgan fingerprint density at radius 1 is 0.889 bits per heavy atom. The van der Waals surface area contributed by atoms with Gasteiger partial charge < -0.3 is 25.5 Å². The highest BCUT2D eigenvalue weighted by Crippen LogP contribution is 2.15. The molecule has 8 nitrogen and oxygen atoms in total. The highest BCUT2D eigenvalue weighted by Gasteiger charge is 2.22. The second-order valence-electron chi connectivity index (χ2n) is 8.21. The van der Waals surface area contributed by atoms with E-state index in [-0.39, 0.29) is 42.6 Å². The minimum Gasteiger partial charge on any atom is -0.483 e. The number of ether oxygens (including phenoxy) is 1. The van der Waals surface area contributed by atoms with Gasteiger partial charge in [-0.2, -0.15) is 0 Å². The number of benzene rings is 2. The highest BCUT2D eigenvalue weighted by molar-refractivity contribution is 5.98. The molecule has 0 aliphatic heterocycles. The average molecular weight is 496 g/mol. The minimum atomic E-state index is -0.714. The van der Waals surface area contributed by atoms with E-state index >= 15 is 0 Å². The van der Waals surface area contributed by atoms with Gasteiger partial charge in [-0.15, -0.1) is 0 Å². The maximum Gasteiger partial charge on any atom is 0.271 e. The number of aromatic nitrogens is 1. The van der Waals surface area contributed by atoms with Gasteiger partial charge in [-0.05, 0) is 36.1 Å². The van der Waals surface area contributed by atoms with Crippen molar-refractivity contribution in [3.63, 3.8) is 0 Å². The van der Waals surface area contributed by atoms with Crippen LogP contribution in [-0.2, 0) is 13.2 Å². The summed E-state index contributed by atoms with van der Waals surface area (Å²) in [6, 6.07) is 14.8. The van der Waals surface area contributed by atoms with Gasteiger partial charge in [0.05, 0.1) is 0 Å². The molecule has 1 aromatic heterocycles. The first-order valence-corrected chi connectivity index (χ1v) is 11.8. The Kier molecular flexibility index (Phi) is 10.2. The van der Waals surface area contributed by atoms with Gasteiger partial charge in [-0.3, -0.25) is 14.4 Å². The molecule has 0 fully saturated rings. The average Bonchev–Trinajstić information content (AvgIpc) is 2.89. The molecule has 0 atom stereocenters. The van der Waals surface area contributed by atoms with Crippen molar-refractivity contribution in [1.82, 2.24) is 15.6 Å². The summed E-state index contributed by atoms with van der Waals surface area (Å²) < 4.78 is 18.9. The van der Waals surface area contributed by atoms with Crippen molar-refractivity contribution in [2.45, 2.75) is 38.8 Å². The van der Waals surface area contributed by atoms with E-state index in [0.717, 1.165) is 24.8 Å². The predicted octanol–water partition coefficient (Wildman–Crippen LogP) is 3.31. The van der Waals surface area contributed by atoms with Crippen LogP contribution < -0.4 is 20.8 Å². The molecule has 0 spiro atoms. The summed E-state index contributed by atoms with van der Waals surface area (Å²) in [6.45, 7) is 0.660. The lowest BCUT2D eigenvalue weighted by Gasteiger charge is -2.13. The largest absolute Gasteiger partial charge is 0.483 e. The minimum absolute atomic E-state index is 0.0337. The molecule has 190 valence electrons. The summed E-state index contributed by atoms with van der Waals surface area (Å²) >= 11 is 0. The van der Waals surface area contributed by atoms with Crippen molar-refractivity contribution < 1.29 is 23.8 Å². The molecule has 4 N–H and O–H groups in total. The van der Waals surface area contributed by atoms with E-state index in [1.165, 1.54) is 30.5 Å². The maximum absolute atomic E-state index is 13.2. The molecule has 0 saturated carbocycles. The molecule has 3 rings (SSSR count). The summed E-state index contributed by atoms with van der Waals surface area (Å²) in [5, 5.41) is 14.2. The SMILES string of the molecule is O=C(NCCCCCCO)c1[nH]cc(C(=O)NCc2ccc(F)cc2)c(=O)c1OCc1ccccc1. The van der Waals surface area contributed by atoms with Gasteiger partial charge in [0.2, 0.25) is 5.43 Å². The molecule has 36 heavy (non-hydrogen) atoms. The van der Waals surface area contributed by atoms with Crippen molar-refractivity contribution in [1.29, 1.82) is 0 Å². The molecule has 9 heteroatoms. The molecule has 2 aromatic carbocycles. The fourth-order valence-electron chi connectivity index (χ4n) is 3.48. The van der Waals surface area contributed by atoms with Gasteiger partial charge in [-0.25, -0.2) is 4.39 Å². The summed E-state index contributed by atoms with van der Waals surface area (Å²) in [5.41, 5.74) is 0.464. The van der Waals surface area contributed by atoms with E-state index in [9.17, 15) is 18.8 Å². The predicted molar refractivity (Wildman–Crippen MR) is 133 cm³/mol. The van der Waals surface area contributed by atoms with E-state index in [1.54, 1.807) is 0 Å². The first kappa shape index (κ1) is 26.6. The van der Waals surface area contributed by atoms with E-state index < -0.39 is 17.2 Å². The van der Waals surface area contributed by atoms with Crippen LogP contribution in [0.5, 0.6) is 5.75 Å². The third-order valence-corrected chi connectivity index (χ3v) is 5.47. The number of hydrogen-bond donors (Lipinski definition) is 4. The van der Waals surface area contributed by atoms with Crippen molar-refractivity contribution in [3.8, 4) is 5.75 Å². The molecule has 0 saturated heterocycles. The normalized spacial score (nSPS) is 10.6. The first-order chi connectivity index (χ1) is 17.5. The van der Waals surface area contributed by atoms with Crippen LogP contribution in [0.3, 0.4) is 0 Å². The number of carbonyl (C=O) groups excluding carboxylic acids is 2. The number of aliphatic hydroxyl groups is 1. The number of amides is 2. The number of carbonyl (C=O) groups is 2. The van der Waals surface area contributed by atoms with Crippen LogP contribution in [0.4, 0.5) is 4.39 Å². The number of aliphatic hydroxyl groups excluding tert-OH is 1. The third-order valence-electron chi connectivity index (χ3n) is 5.47. The number of hydrogen-bond acceptors (Lipinski definition) is 5. The van der Waals surface area contributed by atoms with Crippen LogP contribution in [0.2, 0.25) is 0 Å². The molecule has 3 aromatic rings. The summed E-state index contributed by atoms with van der Waals surface area (Å²) in [4.78, 5) is 41.5. The van der Waals surface area contributed by atoms with E-state index in [0.29, 0.717) is 18.5 Å². The van der Waals surface area contributed by atoms with Crippen LogP contribution in [0, 0.1) is 5.82 Å². The summed E-state index contributed by atoms with van der Waals surface area (Å²) in [5.74, 6) is -1.80. The van der Waals surface area contributed by atoms with Crippen LogP contribution in [0.15, 0.2) is 65.6 Å². The number of aromatic amines is 1. The lowest BCUT2D eigenvalue weighted by atomic mass is 10.1. The summed E-state index contributed by atoms with van der Waals surface area (Å²) in [7, 11) is 0. The van der Waals surface area contributed by atoms with Crippen molar-refractivity contribution >= 4 is 11.8 Å². The second kappa shape index (κ2) is 13.8. The first-order valence-electron chi connectivity index (χ1n) is 11.8. The third kappa shape index (κ3) is 7.78. The lowest BCUT2D eigenvalue weighted by molar-refractivity contribution is 0.0930. The van der Waals surface area contributed by atoms with Gasteiger partial charge in [0.25, 0.3) is 11.8 Å². The molecular formula is C27H30FN3O5. The number of H-pyrrole nitrogens is 1. The van der Waals surface area contributed by atoms with Gasteiger partial charge >= 0.3 is 0 Å². The Morgan fingerprint density at radius 2 is 1.61 bits per heavy atom. The smallest absolute Gasteiger partial charge is 0.271 e. The maximum atomic E-state index is 13.2. The molecule has 0 aliphatic rings. The van der Waals surface area contributed by atoms with Crippen molar-refractivity contribution in [3.05, 3.63) is 99.2 Å². The van der Waals surface area contributed by atoms with E-state index in [2.05, 4.69) is 15.6 Å². The van der Waals surface area contributed by atoms with Gasteiger partial charge in [-0.1, -0.05) is 55.3 Å². The number of nitrogens with one attached hydrogen (secondary N) is 3. The Hall–Kier alpha value is -3.98. The molecule has 0 aliphatic carbocycles. The Morgan fingerprint density at radius 3 is 2.33 bits per heavy atom. The second-order valence-corrected chi connectivity index (χ2v) is 8.21. The van der Waals surface area contributed by atoms with Crippen LogP contribution in [-0.4, -0.2) is 35.1 Å². The van der Waals surface area contributed by atoms with Gasteiger partial charge in [0, 0.05) is 25.9 Å². The van der Waals surface area contributed by atoms with Gasteiger partial charge in [0.15, 0.2) is 11.4 Å². The fourth-order valence-corrected chi connectivity index (χ4v) is 3.48. The zero-order valence-electron chi connectivity index (χ0n) is 19.9. The molecule has 1 heterocycles. The zero-order chi connectivity index (χ0) is 25.8. The van der Waals surface area contributed by atoms with Gasteiger partial charge in [0.1, 0.15) is 18.0 Å². The molecule has 0 unspecified atom stereocenters. The van der Waals surface area contributed by atoms with E-state index in [4.69, 9.17) is 9.84 Å². The van der Waals surface area contributed by atoms with Crippen LogP contribution in [0.25, 0.3) is 0 Å². The van der Waals surface area contributed by atoms with Crippen LogP contribution in [0.1, 0.15) is 57.7 Å². The molecule has 0 bridgehead atoms. The van der Waals surface area contributed by atoms with Crippen LogP contribution >= 0.6 is 0 Å².